The zero-order valence-electron chi connectivity index (χ0n) is 24.2. The Morgan fingerprint density at radius 1 is 0.233 bits per heavy atom. The first-order valence-electron chi connectivity index (χ1n) is 14.7. The smallest absolute Gasteiger partial charge is 0.000360 e. The molecule has 0 aliphatic carbocycles. The quantitative estimate of drug-likeness (QED) is 0.119. The monoisotopic (exact) mass is 628 g/mol. The molecule has 0 spiro atoms. The molecule has 6 aromatic rings. The van der Waals surface area contributed by atoms with Gasteiger partial charge in [-0.05, 0) is 53.6 Å². The second kappa shape index (κ2) is 15.7. The molecule has 0 saturated heterocycles. The molecule has 6 rings (SSSR count). The molecule has 0 nitrogen and oxygen atoms in total. The summed E-state index contributed by atoms with van der Waals surface area (Å²) < 4.78 is 0. The normalized spacial score (nSPS) is 12.7. The number of hydrogen-bond acceptors (Lipinski definition) is 0. The fraction of sp³-hybridized carbons (Fsp3) is 0.0769. The van der Waals surface area contributed by atoms with Gasteiger partial charge < -0.3 is 0 Å². The summed E-state index contributed by atoms with van der Waals surface area (Å²) in [6.45, 7) is 0. The molecule has 6 aromatic carbocycles. The summed E-state index contributed by atoms with van der Waals surface area (Å²) in [5, 5.41) is 8.98. The largest absolute Gasteiger partial charge is 0.0656 e. The molecule has 0 amide bonds. The molecule has 0 heterocycles. The van der Waals surface area contributed by atoms with Gasteiger partial charge in [0.05, 0.1) is 0 Å². The molecule has 0 aromatic heterocycles. The van der Waals surface area contributed by atoms with Crippen LogP contribution in [0.1, 0.15) is 0 Å². The van der Waals surface area contributed by atoms with Crippen molar-refractivity contribution in [2.75, 3.05) is 17.7 Å². The molecule has 0 bridgehead atoms. The Balaban J connectivity index is 1.40. The van der Waals surface area contributed by atoms with Gasteiger partial charge in [0.1, 0.15) is 0 Å². The van der Waals surface area contributed by atoms with Crippen molar-refractivity contribution in [3.8, 4) is 0 Å². The highest BCUT2D eigenvalue weighted by molar-refractivity contribution is 7.93. The van der Waals surface area contributed by atoms with Gasteiger partial charge in [-0.1, -0.05) is 198 Å². The summed E-state index contributed by atoms with van der Waals surface area (Å²) in [6.07, 6.45) is 0. The molecule has 0 aliphatic heterocycles. The van der Waals surface area contributed by atoms with E-state index in [1.54, 1.807) is 0 Å². The predicted octanol–water partition coefficient (Wildman–Crippen LogP) is 8.74. The van der Waals surface area contributed by atoms with Crippen LogP contribution in [0.5, 0.6) is 0 Å². The van der Waals surface area contributed by atoms with E-state index in [1.807, 2.05) is 0 Å². The van der Waals surface area contributed by atoms with Crippen molar-refractivity contribution in [2.24, 2.45) is 0 Å². The first-order chi connectivity index (χ1) is 21.3. The maximum Gasteiger partial charge on any atom is 0.000360 e. The Bertz CT molecular complexity index is 1430. The van der Waals surface area contributed by atoms with E-state index in [2.05, 4.69) is 182 Å². The fourth-order valence-electron chi connectivity index (χ4n) is 5.30. The third-order valence-electron chi connectivity index (χ3n) is 7.48. The number of rotatable bonds is 12. The zero-order chi connectivity index (χ0) is 29.1. The van der Waals surface area contributed by atoms with E-state index in [9.17, 15) is 0 Å². The average Bonchev–Trinajstić information content (AvgIpc) is 3.10. The summed E-state index contributed by atoms with van der Waals surface area (Å²) in [4.78, 5) is 0. The van der Waals surface area contributed by atoms with E-state index in [0.717, 1.165) is 0 Å². The molecule has 0 fully saturated rings. The lowest BCUT2D eigenvalue weighted by Crippen LogP contribution is -2.19. The van der Waals surface area contributed by atoms with Crippen molar-refractivity contribution in [1.82, 2.24) is 0 Å². The minimum Gasteiger partial charge on any atom is -0.0656 e. The Morgan fingerprint density at radius 2 is 0.442 bits per heavy atom. The lowest BCUT2D eigenvalue weighted by Gasteiger charge is -2.32. The second-order valence-corrected chi connectivity index (χ2v) is 20.7. The van der Waals surface area contributed by atoms with Crippen LogP contribution in [0.25, 0.3) is 0 Å². The summed E-state index contributed by atoms with van der Waals surface area (Å²) in [5.74, 6) is 3.67. The van der Waals surface area contributed by atoms with Gasteiger partial charge in [-0.2, -0.15) is 0 Å². The summed E-state index contributed by atoms with van der Waals surface area (Å²) in [5.41, 5.74) is 0. The summed E-state index contributed by atoms with van der Waals surface area (Å²) in [7, 11) is -1.77. The predicted molar refractivity (Wildman–Crippen MR) is 199 cm³/mol. The van der Waals surface area contributed by atoms with Crippen molar-refractivity contribution in [3.05, 3.63) is 182 Å². The highest BCUT2D eigenvalue weighted by atomic mass is 31.2. The topological polar surface area (TPSA) is 0 Å². The SMILES string of the molecule is c1ccc(P(CP(c2ccccc2)c2ccccc2)C[P@@](CP(c2ccccc2)c2ccccc2)c2ccccc2)cc1. The Morgan fingerprint density at radius 3 is 0.674 bits per heavy atom. The molecule has 0 radical (unpaired) electrons. The van der Waals surface area contributed by atoms with Crippen LogP contribution in [-0.2, 0) is 0 Å². The highest BCUT2D eigenvalue weighted by Gasteiger charge is 2.27. The lowest BCUT2D eigenvalue weighted by atomic mass is 10.4. The Kier molecular flexibility index (Phi) is 11.0. The van der Waals surface area contributed by atoms with Gasteiger partial charge in [-0.15, -0.1) is 0 Å². The van der Waals surface area contributed by atoms with Gasteiger partial charge in [0.2, 0.25) is 0 Å². The van der Waals surface area contributed by atoms with E-state index in [-0.39, 0.29) is 0 Å². The van der Waals surface area contributed by atoms with Crippen LogP contribution in [-0.4, -0.2) is 17.7 Å². The van der Waals surface area contributed by atoms with Gasteiger partial charge in [-0.3, -0.25) is 0 Å². The molecule has 2 atom stereocenters. The van der Waals surface area contributed by atoms with Crippen LogP contribution in [0.15, 0.2) is 182 Å². The minimum absolute atomic E-state index is 0.406. The zero-order valence-corrected chi connectivity index (χ0v) is 27.8. The molecule has 43 heavy (non-hydrogen) atoms. The van der Waals surface area contributed by atoms with Gasteiger partial charge in [0, 0.05) is 11.8 Å². The van der Waals surface area contributed by atoms with Crippen LogP contribution in [0.2, 0.25) is 0 Å². The average molecular weight is 629 g/mol. The molecule has 212 valence electrons. The van der Waals surface area contributed by atoms with E-state index in [0.29, 0.717) is 0 Å². The van der Waals surface area contributed by atoms with Gasteiger partial charge >= 0.3 is 0 Å². The summed E-state index contributed by atoms with van der Waals surface area (Å²) >= 11 is 0. The molecular weight excluding hydrogens is 592 g/mol. The Hall–Kier alpha value is -2.96. The molecule has 1 unspecified atom stereocenters. The highest BCUT2D eigenvalue weighted by Crippen LogP contribution is 2.59. The second-order valence-electron chi connectivity index (χ2n) is 10.4. The van der Waals surface area contributed by atoms with Gasteiger partial charge in [0.15, 0.2) is 0 Å². The molecule has 0 saturated carbocycles. The molecule has 0 aliphatic rings. The van der Waals surface area contributed by atoms with Crippen molar-refractivity contribution in [3.63, 3.8) is 0 Å². The first-order valence-corrected chi connectivity index (χ1v) is 21.2. The van der Waals surface area contributed by atoms with Gasteiger partial charge in [0.25, 0.3) is 0 Å². The van der Waals surface area contributed by atoms with Crippen molar-refractivity contribution in [1.29, 1.82) is 0 Å². The first kappa shape index (κ1) is 30.1. The van der Waals surface area contributed by atoms with Crippen LogP contribution in [0.3, 0.4) is 0 Å². The summed E-state index contributed by atoms with van der Waals surface area (Å²) in [6, 6.07) is 67.9. The minimum atomic E-state index is -0.477. The van der Waals surface area contributed by atoms with Crippen LogP contribution >= 0.6 is 31.7 Å². The van der Waals surface area contributed by atoms with Crippen LogP contribution in [0.4, 0.5) is 0 Å². The molecular formula is C39H36P4. The van der Waals surface area contributed by atoms with E-state index in [4.69, 9.17) is 0 Å². The third-order valence-corrected chi connectivity index (χ3v) is 20.9. The van der Waals surface area contributed by atoms with E-state index >= 15 is 0 Å². The van der Waals surface area contributed by atoms with Crippen molar-refractivity contribution < 1.29 is 0 Å². The lowest BCUT2D eigenvalue weighted by molar-refractivity contribution is 1.72. The number of hydrogen-bond donors (Lipinski definition) is 0. The Labute approximate surface area is 262 Å². The van der Waals surface area contributed by atoms with Crippen LogP contribution < -0.4 is 31.8 Å². The van der Waals surface area contributed by atoms with Crippen LogP contribution in [0, 0.1) is 0 Å². The van der Waals surface area contributed by atoms with E-state index in [1.165, 1.54) is 49.5 Å². The standard InChI is InChI=1S/C39H36P4/c1-7-19-34(20-8-1)40(32-42(36-23-11-3-12-24-36)37-25-13-4-14-26-37)31-41(35-21-9-2-10-22-35)33-43(38-27-15-5-16-28-38)39-29-17-6-18-30-39/h1-30H,31-33H2/t40-,41?/m0/s1. The van der Waals surface area contributed by atoms with Gasteiger partial charge in [-0.25, -0.2) is 0 Å². The maximum absolute atomic E-state index is 2.39. The number of benzene rings is 6. The molecule has 4 heteroatoms. The fourth-order valence-corrected chi connectivity index (χ4v) is 21.1. The van der Waals surface area contributed by atoms with Crippen molar-refractivity contribution in [2.45, 2.75) is 0 Å². The molecule has 0 N–H and O–H groups in total. The van der Waals surface area contributed by atoms with E-state index < -0.39 is 31.7 Å². The maximum atomic E-state index is 2.39. The third kappa shape index (κ3) is 8.16. The van der Waals surface area contributed by atoms with Crippen molar-refractivity contribution >= 4 is 63.5 Å².